The number of β-amino-alcohol motifs (C(OH)–C–C–N with tert-alkyl or cyclic N) is 1. The van der Waals surface area contributed by atoms with Crippen molar-refractivity contribution >= 4 is 33.4 Å². The van der Waals surface area contributed by atoms with Gasteiger partial charge in [-0.3, -0.25) is 14.5 Å². The molecule has 0 radical (unpaired) electrons. The minimum atomic E-state index is -0.268. The fraction of sp³-hybridized carbons (Fsp3) is 0.300. The summed E-state index contributed by atoms with van der Waals surface area (Å²) in [7, 11) is 0. The molecular formula is C20H22BrN3O3. The van der Waals surface area contributed by atoms with Gasteiger partial charge in [0.25, 0.3) is 11.8 Å². The minimum absolute atomic E-state index is 0.0957. The van der Waals surface area contributed by atoms with Gasteiger partial charge >= 0.3 is 0 Å². The molecule has 1 saturated heterocycles. The van der Waals surface area contributed by atoms with Crippen LogP contribution in [0.3, 0.4) is 0 Å². The summed E-state index contributed by atoms with van der Waals surface area (Å²) in [5.41, 5.74) is 1.49. The highest BCUT2D eigenvalue weighted by molar-refractivity contribution is 9.10. The van der Waals surface area contributed by atoms with E-state index in [1.807, 2.05) is 6.07 Å². The number of rotatable bonds is 5. The highest BCUT2D eigenvalue weighted by atomic mass is 79.9. The monoisotopic (exact) mass is 431 g/mol. The number of benzene rings is 2. The van der Waals surface area contributed by atoms with Crippen LogP contribution in [-0.4, -0.2) is 66.1 Å². The Hall–Kier alpha value is -2.22. The lowest BCUT2D eigenvalue weighted by Gasteiger charge is -2.34. The fourth-order valence-electron chi connectivity index (χ4n) is 3.10. The second kappa shape index (κ2) is 9.12. The molecule has 0 atom stereocenters. The van der Waals surface area contributed by atoms with E-state index in [4.69, 9.17) is 5.11 Å². The Morgan fingerprint density at radius 3 is 2.26 bits per heavy atom. The van der Waals surface area contributed by atoms with Crippen LogP contribution in [0.2, 0.25) is 0 Å². The molecule has 142 valence electrons. The third-order valence-electron chi connectivity index (χ3n) is 4.60. The average molecular weight is 432 g/mol. The number of para-hydroxylation sites is 1. The lowest BCUT2D eigenvalue weighted by atomic mass is 10.1. The van der Waals surface area contributed by atoms with Crippen LogP contribution in [0.25, 0.3) is 0 Å². The Balaban J connectivity index is 1.73. The van der Waals surface area contributed by atoms with Crippen molar-refractivity contribution in [2.45, 2.75) is 0 Å². The molecule has 0 aromatic heterocycles. The van der Waals surface area contributed by atoms with Crippen LogP contribution in [0.4, 0.5) is 5.69 Å². The first-order chi connectivity index (χ1) is 13.1. The number of hydrogen-bond donors (Lipinski definition) is 2. The molecule has 1 fully saturated rings. The predicted molar refractivity (Wildman–Crippen MR) is 108 cm³/mol. The predicted octanol–water partition coefficient (Wildman–Crippen LogP) is 2.45. The molecule has 0 aliphatic carbocycles. The lowest BCUT2D eigenvalue weighted by molar-refractivity contribution is 0.0616. The van der Waals surface area contributed by atoms with Gasteiger partial charge in [-0.25, -0.2) is 0 Å². The number of aliphatic hydroxyl groups excluding tert-OH is 1. The largest absolute Gasteiger partial charge is 0.395 e. The highest BCUT2D eigenvalue weighted by Crippen LogP contribution is 2.22. The SMILES string of the molecule is O=C(Nc1ccccc1C(=O)N1CCN(CCO)CC1)c1ccccc1Br. The van der Waals surface area contributed by atoms with Crippen LogP contribution >= 0.6 is 15.9 Å². The molecule has 0 saturated carbocycles. The van der Waals surface area contributed by atoms with Gasteiger partial charge in [0, 0.05) is 37.2 Å². The molecule has 2 amide bonds. The zero-order chi connectivity index (χ0) is 19.2. The van der Waals surface area contributed by atoms with E-state index in [1.165, 1.54) is 0 Å². The number of halogens is 1. The van der Waals surface area contributed by atoms with Crippen molar-refractivity contribution in [3.05, 3.63) is 64.1 Å². The summed E-state index contributed by atoms with van der Waals surface area (Å²) in [6.45, 7) is 3.42. The molecule has 0 spiro atoms. The van der Waals surface area contributed by atoms with Gasteiger partial charge in [-0.15, -0.1) is 0 Å². The molecule has 2 N–H and O–H groups in total. The molecule has 6 nitrogen and oxygen atoms in total. The summed E-state index contributed by atoms with van der Waals surface area (Å²) in [5.74, 6) is -0.364. The number of carbonyl (C=O) groups excluding carboxylic acids is 2. The maximum Gasteiger partial charge on any atom is 0.256 e. The van der Waals surface area contributed by atoms with Gasteiger partial charge in [-0.05, 0) is 40.2 Å². The van der Waals surface area contributed by atoms with E-state index >= 15 is 0 Å². The van der Waals surface area contributed by atoms with Crippen LogP contribution < -0.4 is 5.32 Å². The van der Waals surface area contributed by atoms with Crippen molar-refractivity contribution in [1.29, 1.82) is 0 Å². The molecule has 1 aliphatic rings. The summed E-state index contributed by atoms with van der Waals surface area (Å²) in [6.07, 6.45) is 0. The smallest absolute Gasteiger partial charge is 0.256 e. The Labute approximate surface area is 166 Å². The number of carbonyl (C=O) groups is 2. The van der Waals surface area contributed by atoms with Gasteiger partial charge in [0.1, 0.15) is 0 Å². The zero-order valence-corrected chi connectivity index (χ0v) is 16.5. The summed E-state index contributed by atoms with van der Waals surface area (Å²) in [4.78, 5) is 29.5. The second-order valence-corrected chi connectivity index (χ2v) is 7.19. The van der Waals surface area contributed by atoms with Gasteiger partial charge < -0.3 is 15.3 Å². The number of piperazine rings is 1. The number of aliphatic hydroxyl groups is 1. The van der Waals surface area contributed by atoms with Gasteiger partial charge in [0.05, 0.1) is 23.4 Å². The topological polar surface area (TPSA) is 72.9 Å². The van der Waals surface area contributed by atoms with E-state index in [0.717, 1.165) is 13.1 Å². The Morgan fingerprint density at radius 1 is 0.963 bits per heavy atom. The number of amides is 2. The second-order valence-electron chi connectivity index (χ2n) is 6.34. The van der Waals surface area contributed by atoms with Crippen LogP contribution in [-0.2, 0) is 0 Å². The molecule has 2 aromatic carbocycles. The van der Waals surface area contributed by atoms with E-state index in [9.17, 15) is 9.59 Å². The molecular weight excluding hydrogens is 410 g/mol. The van der Waals surface area contributed by atoms with Gasteiger partial charge in [0.15, 0.2) is 0 Å². The summed E-state index contributed by atoms with van der Waals surface area (Å²) >= 11 is 3.38. The molecule has 27 heavy (non-hydrogen) atoms. The molecule has 0 unspecified atom stereocenters. The minimum Gasteiger partial charge on any atom is -0.395 e. The fourth-order valence-corrected chi connectivity index (χ4v) is 3.56. The summed E-state index contributed by atoms with van der Waals surface area (Å²) in [5, 5.41) is 11.9. The summed E-state index contributed by atoms with van der Waals surface area (Å²) < 4.78 is 0.700. The molecule has 3 rings (SSSR count). The third-order valence-corrected chi connectivity index (χ3v) is 5.29. The number of hydrogen-bond acceptors (Lipinski definition) is 4. The Kier molecular flexibility index (Phi) is 6.60. The molecule has 0 bridgehead atoms. The van der Waals surface area contributed by atoms with Crippen LogP contribution in [0.15, 0.2) is 53.0 Å². The molecule has 2 aromatic rings. The van der Waals surface area contributed by atoms with Gasteiger partial charge in [-0.2, -0.15) is 0 Å². The standard InChI is InChI=1S/C20H22BrN3O3/c21-17-7-3-1-5-15(17)19(26)22-18-8-4-2-6-16(18)20(27)24-11-9-23(10-12-24)13-14-25/h1-8,25H,9-14H2,(H,22,26). The van der Waals surface area contributed by atoms with Crippen molar-refractivity contribution in [3.8, 4) is 0 Å². The number of nitrogens with one attached hydrogen (secondary N) is 1. The van der Waals surface area contributed by atoms with Crippen molar-refractivity contribution in [2.24, 2.45) is 0 Å². The highest BCUT2D eigenvalue weighted by Gasteiger charge is 2.24. The number of nitrogens with zero attached hydrogens (tertiary/aromatic N) is 2. The van der Waals surface area contributed by atoms with Crippen molar-refractivity contribution in [3.63, 3.8) is 0 Å². The quantitative estimate of drug-likeness (QED) is 0.762. The van der Waals surface area contributed by atoms with E-state index in [0.29, 0.717) is 40.9 Å². The third kappa shape index (κ3) is 4.74. The van der Waals surface area contributed by atoms with Crippen molar-refractivity contribution in [2.75, 3.05) is 44.6 Å². The van der Waals surface area contributed by atoms with E-state index in [2.05, 4.69) is 26.1 Å². The van der Waals surface area contributed by atoms with Crippen molar-refractivity contribution < 1.29 is 14.7 Å². The lowest BCUT2D eigenvalue weighted by Crippen LogP contribution is -2.49. The normalized spacial score (nSPS) is 14.8. The van der Waals surface area contributed by atoms with E-state index in [-0.39, 0.29) is 18.4 Å². The van der Waals surface area contributed by atoms with E-state index in [1.54, 1.807) is 47.4 Å². The summed E-state index contributed by atoms with van der Waals surface area (Å²) in [6, 6.07) is 14.2. The molecule has 1 heterocycles. The average Bonchev–Trinajstić information content (AvgIpc) is 2.69. The van der Waals surface area contributed by atoms with Gasteiger partial charge in [0.2, 0.25) is 0 Å². The molecule has 1 aliphatic heterocycles. The van der Waals surface area contributed by atoms with Gasteiger partial charge in [-0.1, -0.05) is 24.3 Å². The first-order valence-electron chi connectivity index (χ1n) is 8.87. The maximum absolute atomic E-state index is 13.0. The Bertz CT molecular complexity index is 820. The molecule has 7 heteroatoms. The van der Waals surface area contributed by atoms with Crippen LogP contribution in [0, 0.1) is 0 Å². The Morgan fingerprint density at radius 2 is 1.59 bits per heavy atom. The van der Waals surface area contributed by atoms with E-state index < -0.39 is 0 Å². The first-order valence-corrected chi connectivity index (χ1v) is 9.67. The first kappa shape index (κ1) is 19.5. The number of anilines is 1. The van der Waals surface area contributed by atoms with Crippen LogP contribution in [0.1, 0.15) is 20.7 Å². The zero-order valence-electron chi connectivity index (χ0n) is 14.9. The maximum atomic E-state index is 13.0. The van der Waals surface area contributed by atoms with Crippen LogP contribution in [0.5, 0.6) is 0 Å². The van der Waals surface area contributed by atoms with Crippen molar-refractivity contribution in [1.82, 2.24) is 9.80 Å².